The Morgan fingerprint density at radius 1 is 1.17 bits per heavy atom. The van der Waals surface area contributed by atoms with Gasteiger partial charge >= 0.3 is 0 Å². The van der Waals surface area contributed by atoms with Crippen molar-refractivity contribution in [3.8, 4) is 0 Å². The van der Waals surface area contributed by atoms with Crippen molar-refractivity contribution in [2.75, 3.05) is 5.32 Å². The predicted octanol–water partition coefficient (Wildman–Crippen LogP) is 4.49. The largest absolute Gasteiger partial charge is 0.363 e. The van der Waals surface area contributed by atoms with Crippen LogP contribution in [0.4, 0.5) is 5.82 Å². The smallest absolute Gasteiger partial charge is 0.126 e. The van der Waals surface area contributed by atoms with Crippen LogP contribution in [0.5, 0.6) is 0 Å². The summed E-state index contributed by atoms with van der Waals surface area (Å²) in [6, 6.07) is 10.0. The maximum Gasteiger partial charge on any atom is 0.126 e. The average Bonchev–Trinajstić information content (AvgIpc) is 2.79. The minimum Gasteiger partial charge on any atom is -0.363 e. The normalized spacial score (nSPS) is 17.6. The van der Waals surface area contributed by atoms with Crippen LogP contribution in [-0.2, 0) is 6.42 Å². The molecule has 0 amide bonds. The lowest BCUT2D eigenvalue weighted by molar-refractivity contribution is 0.757. The maximum absolute atomic E-state index is 6.23. The molecular weight excluding hydrogens is 267 g/mol. The number of benzene rings is 1. The minimum absolute atomic E-state index is 0.268. The molecule has 0 saturated heterocycles. The maximum atomic E-state index is 6.23. The molecule has 0 radical (unpaired) electrons. The molecule has 1 heterocycles. The topological polar surface area (TPSA) is 24.9 Å². The Hall–Kier alpha value is -1.25. The molecule has 2 nitrogen and oxygen atoms in total. The molecule has 92 valence electrons. The number of anilines is 1. The Bertz CT molecular complexity index is 570. The first kappa shape index (κ1) is 11.8. The molecule has 1 aromatic carbocycles. The Kier molecular flexibility index (Phi) is 3.14. The molecule has 1 aliphatic rings. The molecule has 4 heteroatoms. The minimum atomic E-state index is 0.268. The van der Waals surface area contributed by atoms with Crippen LogP contribution < -0.4 is 5.32 Å². The number of nitrogens with zero attached hydrogens (tertiary/aromatic N) is 1. The summed E-state index contributed by atoms with van der Waals surface area (Å²) in [4.78, 5) is 4.28. The lowest BCUT2D eigenvalue weighted by Crippen LogP contribution is -2.08. The number of fused-ring (bicyclic) bond motifs is 1. The number of aromatic nitrogens is 1. The average molecular weight is 279 g/mol. The summed E-state index contributed by atoms with van der Waals surface area (Å²) < 4.78 is 0. The second kappa shape index (κ2) is 4.79. The van der Waals surface area contributed by atoms with E-state index < -0.39 is 0 Å². The van der Waals surface area contributed by atoms with E-state index in [1.165, 1.54) is 5.56 Å². The molecule has 1 N–H and O–H groups in total. The number of pyridine rings is 1. The first-order chi connectivity index (χ1) is 8.75. The standard InChI is InChI=1S/C14H12Cl2N2/c15-11-6-4-9-10(14(11)16)5-7-12(9)18-13-3-1-2-8-17-13/h1-4,6,8,12H,5,7H2,(H,17,18). The van der Waals surface area contributed by atoms with Gasteiger partial charge in [-0.3, -0.25) is 0 Å². The molecule has 1 atom stereocenters. The van der Waals surface area contributed by atoms with E-state index in [-0.39, 0.29) is 6.04 Å². The quantitative estimate of drug-likeness (QED) is 0.876. The highest BCUT2D eigenvalue weighted by atomic mass is 35.5. The zero-order valence-electron chi connectivity index (χ0n) is 9.66. The van der Waals surface area contributed by atoms with Crippen molar-refractivity contribution in [3.63, 3.8) is 0 Å². The van der Waals surface area contributed by atoms with Crippen molar-refractivity contribution in [2.45, 2.75) is 18.9 Å². The number of hydrogen-bond acceptors (Lipinski definition) is 2. The van der Waals surface area contributed by atoms with Crippen LogP contribution in [-0.4, -0.2) is 4.98 Å². The number of nitrogens with one attached hydrogen (secondary N) is 1. The van der Waals surface area contributed by atoms with Crippen LogP contribution >= 0.6 is 23.2 Å². The van der Waals surface area contributed by atoms with Gasteiger partial charge in [0.2, 0.25) is 0 Å². The van der Waals surface area contributed by atoms with E-state index in [0.29, 0.717) is 10.0 Å². The van der Waals surface area contributed by atoms with Crippen molar-refractivity contribution >= 4 is 29.0 Å². The van der Waals surface area contributed by atoms with E-state index in [4.69, 9.17) is 23.2 Å². The van der Waals surface area contributed by atoms with E-state index in [9.17, 15) is 0 Å². The lowest BCUT2D eigenvalue weighted by Gasteiger charge is -2.15. The number of rotatable bonds is 2. The molecule has 0 fully saturated rings. The highest BCUT2D eigenvalue weighted by molar-refractivity contribution is 6.42. The molecule has 1 unspecified atom stereocenters. The van der Waals surface area contributed by atoms with E-state index in [0.717, 1.165) is 24.2 Å². The highest BCUT2D eigenvalue weighted by Crippen LogP contribution is 2.40. The fourth-order valence-corrected chi connectivity index (χ4v) is 2.85. The Morgan fingerprint density at radius 2 is 2.06 bits per heavy atom. The number of hydrogen-bond donors (Lipinski definition) is 1. The third-order valence-electron chi connectivity index (χ3n) is 3.28. The van der Waals surface area contributed by atoms with Crippen molar-refractivity contribution in [2.24, 2.45) is 0 Å². The van der Waals surface area contributed by atoms with Gasteiger partial charge in [-0.1, -0.05) is 35.3 Å². The van der Waals surface area contributed by atoms with Gasteiger partial charge in [-0.2, -0.15) is 0 Å². The summed E-state index contributed by atoms with van der Waals surface area (Å²) in [7, 11) is 0. The van der Waals surface area contributed by atoms with Gasteiger partial charge in [0.1, 0.15) is 5.82 Å². The molecule has 2 aromatic rings. The second-order valence-electron chi connectivity index (χ2n) is 4.38. The molecule has 0 spiro atoms. The van der Waals surface area contributed by atoms with Gasteiger partial charge in [0.25, 0.3) is 0 Å². The molecule has 1 aliphatic carbocycles. The fourth-order valence-electron chi connectivity index (χ4n) is 2.41. The molecule has 0 saturated carbocycles. The molecule has 0 aliphatic heterocycles. The lowest BCUT2D eigenvalue weighted by atomic mass is 10.1. The predicted molar refractivity (Wildman–Crippen MR) is 75.4 cm³/mol. The van der Waals surface area contributed by atoms with Crippen LogP contribution in [0.2, 0.25) is 10.0 Å². The molecular formula is C14H12Cl2N2. The van der Waals surface area contributed by atoms with Gasteiger partial charge in [-0.15, -0.1) is 0 Å². The molecule has 0 bridgehead atoms. The van der Waals surface area contributed by atoms with Gasteiger partial charge < -0.3 is 5.32 Å². The first-order valence-corrected chi connectivity index (χ1v) is 6.65. The number of halogens is 2. The van der Waals surface area contributed by atoms with Gasteiger partial charge in [-0.25, -0.2) is 4.98 Å². The summed E-state index contributed by atoms with van der Waals surface area (Å²) >= 11 is 12.3. The zero-order chi connectivity index (χ0) is 12.5. The first-order valence-electron chi connectivity index (χ1n) is 5.90. The van der Waals surface area contributed by atoms with Crippen LogP contribution in [0.25, 0.3) is 0 Å². The molecule has 18 heavy (non-hydrogen) atoms. The second-order valence-corrected chi connectivity index (χ2v) is 5.16. The Labute approximate surface area is 116 Å². The van der Waals surface area contributed by atoms with E-state index >= 15 is 0 Å². The van der Waals surface area contributed by atoms with Crippen LogP contribution in [0, 0.1) is 0 Å². The summed E-state index contributed by atoms with van der Waals surface area (Å²) in [6.45, 7) is 0. The van der Waals surface area contributed by atoms with Crippen molar-refractivity contribution in [1.82, 2.24) is 4.98 Å². The Morgan fingerprint density at radius 3 is 2.83 bits per heavy atom. The summed E-state index contributed by atoms with van der Waals surface area (Å²) in [5.74, 6) is 0.890. The third-order valence-corrected chi connectivity index (χ3v) is 4.12. The monoisotopic (exact) mass is 278 g/mol. The van der Waals surface area contributed by atoms with Crippen molar-refractivity contribution < 1.29 is 0 Å². The SMILES string of the molecule is Clc1ccc2c(c1Cl)CCC2Nc1ccccn1. The van der Waals surface area contributed by atoms with Crippen LogP contribution in [0.3, 0.4) is 0 Å². The van der Waals surface area contributed by atoms with Crippen LogP contribution in [0.15, 0.2) is 36.5 Å². The summed E-state index contributed by atoms with van der Waals surface area (Å²) in [5.41, 5.74) is 2.40. The van der Waals surface area contributed by atoms with Crippen molar-refractivity contribution in [1.29, 1.82) is 0 Å². The van der Waals surface area contributed by atoms with Crippen molar-refractivity contribution in [3.05, 3.63) is 57.7 Å². The molecule has 3 rings (SSSR count). The van der Waals surface area contributed by atoms with E-state index in [1.54, 1.807) is 6.20 Å². The zero-order valence-corrected chi connectivity index (χ0v) is 11.2. The highest BCUT2D eigenvalue weighted by Gasteiger charge is 2.25. The third kappa shape index (κ3) is 2.06. The van der Waals surface area contributed by atoms with E-state index in [1.807, 2.05) is 24.3 Å². The van der Waals surface area contributed by atoms with Gasteiger partial charge in [0.15, 0.2) is 0 Å². The Balaban J connectivity index is 1.90. The van der Waals surface area contributed by atoms with Gasteiger partial charge in [-0.05, 0) is 42.2 Å². The van der Waals surface area contributed by atoms with E-state index in [2.05, 4.69) is 16.4 Å². The van der Waals surface area contributed by atoms with Crippen LogP contribution in [0.1, 0.15) is 23.6 Å². The van der Waals surface area contributed by atoms with Gasteiger partial charge in [0.05, 0.1) is 16.1 Å². The summed E-state index contributed by atoms with van der Waals surface area (Å²) in [6.07, 6.45) is 3.76. The fraction of sp³-hybridized carbons (Fsp3) is 0.214. The molecule has 1 aromatic heterocycles. The summed E-state index contributed by atoms with van der Waals surface area (Å²) in [5, 5.41) is 4.76. The van der Waals surface area contributed by atoms with Gasteiger partial charge in [0, 0.05) is 6.20 Å².